The maximum Gasteiger partial charge on any atom is 0.311 e. The van der Waals surface area contributed by atoms with E-state index < -0.39 is 11.4 Å². The maximum atomic E-state index is 11.8. The monoisotopic (exact) mass is 237 g/mol. The molecule has 0 aromatic heterocycles. The van der Waals surface area contributed by atoms with Crippen LogP contribution in [0.5, 0.6) is 0 Å². The Morgan fingerprint density at radius 3 is 2.18 bits per heavy atom. The van der Waals surface area contributed by atoms with E-state index in [4.69, 9.17) is 5.11 Å². The van der Waals surface area contributed by atoms with Gasteiger partial charge in [0.2, 0.25) is 5.91 Å². The summed E-state index contributed by atoms with van der Waals surface area (Å²) < 4.78 is 0. The van der Waals surface area contributed by atoms with Crippen LogP contribution in [-0.4, -0.2) is 23.5 Å². The highest BCUT2D eigenvalue weighted by molar-refractivity contribution is 5.82. The van der Waals surface area contributed by atoms with E-state index >= 15 is 0 Å². The van der Waals surface area contributed by atoms with Gasteiger partial charge in [0.15, 0.2) is 0 Å². The molecule has 94 valence electrons. The van der Waals surface area contributed by atoms with Gasteiger partial charge in [-0.3, -0.25) is 9.59 Å². The van der Waals surface area contributed by atoms with Crippen LogP contribution in [0.3, 0.4) is 0 Å². The number of amides is 1. The van der Waals surface area contributed by atoms with Gasteiger partial charge in [0.05, 0.1) is 5.41 Å². The summed E-state index contributed by atoms with van der Waals surface area (Å²) >= 11 is 0. The molecule has 1 saturated carbocycles. The summed E-state index contributed by atoms with van der Waals surface area (Å²) in [5, 5.41) is 11.7. The first-order valence-corrected chi connectivity index (χ1v) is 5.78. The highest BCUT2D eigenvalue weighted by atomic mass is 16.4. The first kappa shape index (κ1) is 13.5. The number of allylic oxidation sites excluding steroid dienone is 2. The van der Waals surface area contributed by atoms with Gasteiger partial charge in [0, 0.05) is 12.5 Å². The molecule has 0 aromatic carbocycles. The van der Waals surface area contributed by atoms with Crippen LogP contribution in [0.1, 0.15) is 25.7 Å². The molecule has 0 aliphatic heterocycles. The molecule has 0 spiro atoms. The third kappa shape index (κ3) is 3.44. The molecule has 1 aliphatic rings. The average Bonchev–Trinajstić information content (AvgIpc) is 3.07. The summed E-state index contributed by atoms with van der Waals surface area (Å²) in [6.45, 7) is 7.44. The molecule has 0 unspecified atom stereocenters. The van der Waals surface area contributed by atoms with Gasteiger partial charge in [-0.1, -0.05) is 12.2 Å². The van der Waals surface area contributed by atoms with Crippen molar-refractivity contribution in [3.63, 3.8) is 0 Å². The van der Waals surface area contributed by atoms with E-state index in [0.29, 0.717) is 25.7 Å². The fourth-order valence-corrected chi connectivity index (χ4v) is 1.73. The van der Waals surface area contributed by atoms with Crippen molar-refractivity contribution in [2.45, 2.75) is 25.7 Å². The Hall–Kier alpha value is -1.58. The second kappa shape index (κ2) is 5.66. The quantitative estimate of drug-likeness (QED) is 0.632. The number of rotatable bonds is 8. The molecular formula is C13H19NO3. The van der Waals surface area contributed by atoms with Crippen LogP contribution in [0.2, 0.25) is 0 Å². The van der Waals surface area contributed by atoms with Crippen molar-refractivity contribution in [2.24, 2.45) is 11.3 Å². The van der Waals surface area contributed by atoms with Gasteiger partial charge < -0.3 is 10.4 Å². The zero-order chi connectivity index (χ0) is 12.9. The van der Waals surface area contributed by atoms with Crippen LogP contribution in [0, 0.1) is 11.3 Å². The van der Waals surface area contributed by atoms with Crippen LogP contribution in [0.4, 0.5) is 0 Å². The molecule has 4 nitrogen and oxygen atoms in total. The lowest BCUT2D eigenvalue weighted by molar-refractivity contribution is -0.143. The van der Waals surface area contributed by atoms with E-state index in [0.717, 1.165) is 0 Å². The van der Waals surface area contributed by atoms with Gasteiger partial charge in [-0.25, -0.2) is 0 Å². The summed E-state index contributed by atoms with van der Waals surface area (Å²) in [5.41, 5.74) is -0.706. The van der Waals surface area contributed by atoms with Crippen LogP contribution in [-0.2, 0) is 9.59 Å². The van der Waals surface area contributed by atoms with Crippen molar-refractivity contribution in [1.82, 2.24) is 5.32 Å². The van der Waals surface area contributed by atoms with Crippen molar-refractivity contribution in [3.8, 4) is 0 Å². The maximum absolute atomic E-state index is 11.8. The van der Waals surface area contributed by atoms with E-state index in [9.17, 15) is 9.59 Å². The van der Waals surface area contributed by atoms with Crippen LogP contribution < -0.4 is 5.32 Å². The standard InChI is InChI=1S/C13H19NO3/c1-3-5-10(6-4-2)11(15)14-9-13(7-8-13)12(16)17/h3-4,10H,1-2,5-9H2,(H,14,15)(H,16,17). The molecule has 2 N–H and O–H groups in total. The smallest absolute Gasteiger partial charge is 0.311 e. The lowest BCUT2D eigenvalue weighted by Crippen LogP contribution is -2.37. The first-order valence-electron chi connectivity index (χ1n) is 5.78. The largest absolute Gasteiger partial charge is 0.481 e. The molecule has 0 radical (unpaired) electrons. The third-order valence-electron chi connectivity index (χ3n) is 3.18. The zero-order valence-electron chi connectivity index (χ0n) is 9.95. The number of carboxylic acids is 1. The second-order valence-electron chi connectivity index (χ2n) is 4.55. The van der Waals surface area contributed by atoms with Crippen molar-refractivity contribution >= 4 is 11.9 Å². The summed E-state index contributed by atoms with van der Waals surface area (Å²) in [5.74, 6) is -1.12. The lowest BCUT2D eigenvalue weighted by atomic mass is 9.99. The highest BCUT2D eigenvalue weighted by Crippen LogP contribution is 2.45. The summed E-state index contributed by atoms with van der Waals surface area (Å²) in [6.07, 6.45) is 5.85. The third-order valence-corrected chi connectivity index (χ3v) is 3.18. The second-order valence-corrected chi connectivity index (χ2v) is 4.55. The first-order chi connectivity index (χ1) is 8.05. The molecule has 1 aliphatic carbocycles. The van der Waals surface area contributed by atoms with Crippen molar-refractivity contribution < 1.29 is 14.7 Å². The Bertz CT molecular complexity index is 322. The lowest BCUT2D eigenvalue weighted by Gasteiger charge is -2.16. The molecular weight excluding hydrogens is 218 g/mol. The average molecular weight is 237 g/mol. The van der Waals surface area contributed by atoms with Crippen molar-refractivity contribution in [2.75, 3.05) is 6.54 Å². The van der Waals surface area contributed by atoms with Crippen molar-refractivity contribution in [1.29, 1.82) is 0 Å². The fraction of sp³-hybridized carbons (Fsp3) is 0.538. The minimum absolute atomic E-state index is 0.114. The molecule has 0 heterocycles. The van der Waals surface area contributed by atoms with E-state index in [1.807, 2.05) is 0 Å². The van der Waals surface area contributed by atoms with Gasteiger partial charge in [0.1, 0.15) is 0 Å². The van der Waals surface area contributed by atoms with Gasteiger partial charge >= 0.3 is 5.97 Å². The topological polar surface area (TPSA) is 66.4 Å². The summed E-state index contributed by atoms with van der Waals surface area (Å²) in [4.78, 5) is 22.8. The van der Waals surface area contributed by atoms with Crippen LogP contribution >= 0.6 is 0 Å². The molecule has 17 heavy (non-hydrogen) atoms. The van der Waals surface area contributed by atoms with E-state index in [-0.39, 0.29) is 18.4 Å². The van der Waals surface area contributed by atoms with Gasteiger partial charge in [-0.05, 0) is 25.7 Å². The number of carboxylic acid groups (broad SMARTS) is 1. The molecule has 1 amide bonds. The van der Waals surface area contributed by atoms with E-state index in [1.165, 1.54) is 0 Å². The minimum Gasteiger partial charge on any atom is -0.481 e. The number of carbonyl (C=O) groups is 2. The summed E-state index contributed by atoms with van der Waals surface area (Å²) in [7, 11) is 0. The van der Waals surface area contributed by atoms with Gasteiger partial charge in [0.25, 0.3) is 0 Å². The van der Waals surface area contributed by atoms with Gasteiger partial charge in [-0.2, -0.15) is 0 Å². The predicted molar refractivity (Wildman–Crippen MR) is 65.4 cm³/mol. The molecule has 1 rings (SSSR count). The Balaban J connectivity index is 2.44. The Labute approximate surface area is 101 Å². The Kier molecular flexibility index (Phi) is 4.49. The predicted octanol–water partition coefficient (Wildman–Crippen LogP) is 1.74. The molecule has 0 saturated heterocycles. The molecule has 1 fully saturated rings. The normalized spacial score (nSPS) is 16.3. The number of hydrogen-bond donors (Lipinski definition) is 2. The Morgan fingerprint density at radius 2 is 1.82 bits per heavy atom. The SMILES string of the molecule is C=CCC(CC=C)C(=O)NCC1(C(=O)O)CC1. The van der Waals surface area contributed by atoms with Gasteiger partial charge in [-0.15, -0.1) is 13.2 Å². The van der Waals surface area contributed by atoms with Crippen molar-refractivity contribution in [3.05, 3.63) is 25.3 Å². The van der Waals surface area contributed by atoms with E-state index in [2.05, 4.69) is 18.5 Å². The molecule has 0 aromatic rings. The van der Waals surface area contributed by atoms with Crippen LogP contribution in [0.25, 0.3) is 0 Å². The zero-order valence-corrected chi connectivity index (χ0v) is 9.95. The Morgan fingerprint density at radius 1 is 1.29 bits per heavy atom. The highest BCUT2D eigenvalue weighted by Gasteiger charge is 2.50. The molecule has 0 atom stereocenters. The minimum atomic E-state index is -0.818. The molecule has 4 heteroatoms. The fourth-order valence-electron chi connectivity index (χ4n) is 1.73. The number of carbonyl (C=O) groups excluding carboxylic acids is 1. The number of nitrogens with one attached hydrogen (secondary N) is 1. The number of hydrogen-bond acceptors (Lipinski definition) is 2. The molecule has 0 bridgehead atoms. The number of aliphatic carboxylic acids is 1. The van der Waals surface area contributed by atoms with Crippen LogP contribution in [0.15, 0.2) is 25.3 Å². The summed E-state index contributed by atoms with van der Waals surface area (Å²) in [6, 6.07) is 0. The van der Waals surface area contributed by atoms with E-state index in [1.54, 1.807) is 12.2 Å².